The van der Waals surface area contributed by atoms with E-state index in [4.69, 9.17) is 0 Å². The van der Waals surface area contributed by atoms with E-state index in [0.29, 0.717) is 12.2 Å². The van der Waals surface area contributed by atoms with Gasteiger partial charge in [0.05, 0.1) is 15.9 Å². The first kappa shape index (κ1) is 18.1. The molecular formula is C18H24BrN5O. The van der Waals surface area contributed by atoms with E-state index < -0.39 is 0 Å². The number of pyridine rings is 1. The third-order valence-electron chi connectivity index (χ3n) is 4.54. The van der Waals surface area contributed by atoms with Crippen LogP contribution in [0.4, 0.5) is 0 Å². The number of rotatable bonds is 4. The molecule has 6 nitrogen and oxygen atoms in total. The van der Waals surface area contributed by atoms with E-state index >= 15 is 0 Å². The Bertz CT molecular complexity index is 731. The molecule has 134 valence electrons. The van der Waals surface area contributed by atoms with Crippen LogP contribution in [0.15, 0.2) is 28.9 Å². The number of aryl methyl sites for hydroxylation is 2. The molecule has 0 aromatic carbocycles. The van der Waals surface area contributed by atoms with Crippen LogP contribution in [-0.4, -0.2) is 56.7 Å². The van der Waals surface area contributed by atoms with Gasteiger partial charge < -0.3 is 4.90 Å². The molecule has 0 radical (unpaired) electrons. The van der Waals surface area contributed by atoms with Gasteiger partial charge in [-0.2, -0.15) is 5.10 Å². The highest BCUT2D eigenvalue weighted by Crippen LogP contribution is 2.23. The van der Waals surface area contributed by atoms with Crippen molar-refractivity contribution < 1.29 is 4.79 Å². The zero-order valence-electron chi connectivity index (χ0n) is 14.8. The Morgan fingerprint density at radius 1 is 1.24 bits per heavy atom. The minimum atomic E-state index is 0.0639. The van der Waals surface area contributed by atoms with E-state index in [1.807, 2.05) is 43.1 Å². The van der Waals surface area contributed by atoms with Crippen molar-refractivity contribution >= 4 is 21.8 Å². The van der Waals surface area contributed by atoms with Gasteiger partial charge in [-0.05, 0) is 48.3 Å². The third-order valence-corrected chi connectivity index (χ3v) is 5.49. The Morgan fingerprint density at radius 3 is 2.80 bits per heavy atom. The summed E-state index contributed by atoms with van der Waals surface area (Å²) in [5.74, 6) is 0.0639. The van der Waals surface area contributed by atoms with Gasteiger partial charge in [0.2, 0.25) is 0 Å². The van der Waals surface area contributed by atoms with Crippen molar-refractivity contribution in [2.45, 2.75) is 33.4 Å². The summed E-state index contributed by atoms with van der Waals surface area (Å²) in [5, 5.41) is 4.44. The maximum Gasteiger partial charge on any atom is 0.273 e. The van der Waals surface area contributed by atoms with Gasteiger partial charge >= 0.3 is 0 Å². The van der Waals surface area contributed by atoms with Crippen LogP contribution in [0, 0.1) is 6.92 Å². The summed E-state index contributed by atoms with van der Waals surface area (Å²) >= 11 is 3.54. The maximum absolute atomic E-state index is 13.0. The Morgan fingerprint density at radius 2 is 2.08 bits per heavy atom. The molecule has 0 saturated carbocycles. The first-order valence-corrected chi connectivity index (χ1v) is 9.54. The molecule has 2 aromatic heterocycles. The minimum absolute atomic E-state index is 0.0639. The van der Waals surface area contributed by atoms with Gasteiger partial charge in [0, 0.05) is 45.5 Å². The number of aromatic nitrogens is 3. The van der Waals surface area contributed by atoms with Crippen molar-refractivity contribution in [1.82, 2.24) is 24.6 Å². The molecule has 25 heavy (non-hydrogen) atoms. The van der Waals surface area contributed by atoms with Gasteiger partial charge in [-0.3, -0.25) is 19.4 Å². The molecule has 0 N–H and O–H groups in total. The standard InChI is InChI=1S/C18H24BrN5O/c1-3-24-17(16(19)14(2)21-24)18(25)23-10-6-9-22(11-12-23)13-15-7-4-5-8-20-15/h4-5,7-8H,3,6,9-13H2,1-2H3. The predicted molar refractivity (Wildman–Crippen MR) is 100 cm³/mol. The van der Waals surface area contributed by atoms with Crippen LogP contribution in [0.1, 0.15) is 35.2 Å². The molecule has 1 amide bonds. The SMILES string of the molecule is CCn1nc(C)c(Br)c1C(=O)N1CCCN(Cc2ccccn2)CC1. The maximum atomic E-state index is 13.0. The van der Waals surface area contributed by atoms with Crippen LogP contribution >= 0.6 is 15.9 Å². The van der Waals surface area contributed by atoms with E-state index in [1.54, 1.807) is 4.68 Å². The Balaban J connectivity index is 1.68. The first-order valence-electron chi connectivity index (χ1n) is 8.74. The Hall–Kier alpha value is -1.73. The number of amides is 1. The molecule has 1 aliphatic rings. The van der Waals surface area contributed by atoms with E-state index in [-0.39, 0.29) is 5.91 Å². The third kappa shape index (κ3) is 4.10. The summed E-state index contributed by atoms with van der Waals surface area (Å²) in [5.41, 5.74) is 2.60. The second-order valence-electron chi connectivity index (χ2n) is 6.31. The van der Waals surface area contributed by atoms with Gasteiger partial charge in [0.15, 0.2) is 0 Å². The number of nitrogens with zero attached hydrogens (tertiary/aromatic N) is 5. The summed E-state index contributed by atoms with van der Waals surface area (Å²) in [6.07, 6.45) is 2.80. The number of hydrogen-bond acceptors (Lipinski definition) is 4. The summed E-state index contributed by atoms with van der Waals surface area (Å²) < 4.78 is 2.60. The fraction of sp³-hybridized carbons (Fsp3) is 0.500. The van der Waals surface area contributed by atoms with Crippen LogP contribution in [-0.2, 0) is 13.1 Å². The van der Waals surface area contributed by atoms with Crippen LogP contribution in [0.25, 0.3) is 0 Å². The predicted octanol–water partition coefficient (Wildman–Crippen LogP) is 2.72. The van der Waals surface area contributed by atoms with Crippen molar-refractivity contribution in [2.75, 3.05) is 26.2 Å². The van der Waals surface area contributed by atoms with Gasteiger partial charge in [-0.25, -0.2) is 0 Å². The van der Waals surface area contributed by atoms with Crippen molar-refractivity contribution in [3.8, 4) is 0 Å². The summed E-state index contributed by atoms with van der Waals surface area (Å²) in [6, 6.07) is 6.00. The second-order valence-corrected chi connectivity index (χ2v) is 7.10. The summed E-state index contributed by atoms with van der Waals surface area (Å²) in [4.78, 5) is 21.8. The molecule has 1 aliphatic heterocycles. The highest BCUT2D eigenvalue weighted by atomic mass is 79.9. The quantitative estimate of drug-likeness (QED) is 0.784. The Kier molecular flexibility index (Phi) is 5.86. The number of carbonyl (C=O) groups is 1. The minimum Gasteiger partial charge on any atom is -0.336 e. The molecular weight excluding hydrogens is 382 g/mol. The fourth-order valence-corrected chi connectivity index (χ4v) is 3.65. The summed E-state index contributed by atoms with van der Waals surface area (Å²) in [6.45, 7) is 8.79. The molecule has 0 aliphatic carbocycles. The molecule has 3 heterocycles. The van der Waals surface area contributed by atoms with Crippen LogP contribution < -0.4 is 0 Å². The van der Waals surface area contributed by atoms with Gasteiger partial charge in [-0.15, -0.1) is 0 Å². The van der Waals surface area contributed by atoms with Crippen molar-refractivity contribution in [1.29, 1.82) is 0 Å². The lowest BCUT2D eigenvalue weighted by atomic mass is 10.3. The number of halogens is 1. The molecule has 0 spiro atoms. The fourth-order valence-electron chi connectivity index (χ4n) is 3.20. The first-order chi connectivity index (χ1) is 12.1. The number of hydrogen-bond donors (Lipinski definition) is 0. The Labute approximate surface area is 157 Å². The molecule has 0 atom stereocenters. The van der Waals surface area contributed by atoms with Crippen molar-refractivity contribution in [2.24, 2.45) is 0 Å². The van der Waals surface area contributed by atoms with Gasteiger partial charge in [-0.1, -0.05) is 6.07 Å². The smallest absolute Gasteiger partial charge is 0.273 e. The van der Waals surface area contributed by atoms with Crippen LogP contribution in [0.3, 0.4) is 0 Å². The zero-order valence-corrected chi connectivity index (χ0v) is 16.4. The molecule has 1 fully saturated rings. The van der Waals surface area contributed by atoms with Crippen molar-refractivity contribution in [3.05, 3.63) is 46.0 Å². The second kappa shape index (κ2) is 8.10. The molecule has 7 heteroatoms. The monoisotopic (exact) mass is 405 g/mol. The van der Waals surface area contributed by atoms with Crippen molar-refractivity contribution in [3.63, 3.8) is 0 Å². The number of carbonyl (C=O) groups excluding carboxylic acids is 1. The van der Waals surface area contributed by atoms with E-state index in [0.717, 1.165) is 55.0 Å². The highest BCUT2D eigenvalue weighted by molar-refractivity contribution is 9.10. The van der Waals surface area contributed by atoms with Crippen LogP contribution in [0.2, 0.25) is 0 Å². The molecule has 1 saturated heterocycles. The summed E-state index contributed by atoms with van der Waals surface area (Å²) in [7, 11) is 0. The molecule has 0 unspecified atom stereocenters. The van der Waals surface area contributed by atoms with E-state index in [2.05, 4.69) is 30.9 Å². The topological polar surface area (TPSA) is 54.3 Å². The zero-order chi connectivity index (χ0) is 17.8. The molecule has 2 aromatic rings. The van der Waals surface area contributed by atoms with Gasteiger partial charge in [0.1, 0.15) is 5.69 Å². The molecule has 3 rings (SSSR count). The lowest BCUT2D eigenvalue weighted by molar-refractivity contribution is 0.0747. The van der Waals surface area contributed by atoms with Crippen LogP contribution in [0.5, 0.6) is 0 Å². The average molecular weight is 406 g/mol. The molecule has 0 bridgehead atoms. The normalized spacial score (nSPS) is 16.0. The largest absolute Gasteiger partial charge is 0.336 e. The average Bonchev–Trinajstić information content (AvgIpc) is 2.78. The van der Waals surface area contributed by atoms with E-state index in [9.17, 15) is 4.79 Å². The highest BCUT2D eigenvalue weighted by Gasteiger charge is 2.26. The van der Waals surface area contributed by atoms with Gasteiger partial charge in [0.25, 0.3) is 5.91 Å². The lowest BCUT2D eigenvalue weighted by Crippen LogP contribution is -2.36. The van der Waals surface area contributed by atoms with E-state index in [1.165, 1.54) is 0 Å². The lowest BCUT2D eigenvalue weighted by Gasteiger charge is -2.22.